The molecule has 3 rings (SSSR count). The molecule has 0 radical (unpaired) electrons. The lowest BCUT2D eigenvalue weighted by atomic mass is 9.90. The third-order valence-corrected chi connectivity index (χ3v) is 5.28. The third kappa shape index (κ3) is 2.58. The van der Waals surface area contributed by atoms with Crippen molar-refractivity contribution in [1.29, 1.82) is 0 Å². The SMILES string of the molecule is Cn1nccc1CNC1CCOC2(CCSC2)C1. The molecule has 2 fully saturated rings. The lowest BCUT2D eigenvalue weighted by molar-refractivity contribution is -0.0703. The lowest BCUT2D eigenvalue weighted by Gasteiger charge is -2.38. The molecular formula is C13H21N3OS. The van der Waals surface area contributed by atoms with Crippen LogP contribution in [0.3, 0.4) is 0 Å². The Morgan fingerprint density at radius 2 is 2.61 bits per heavy atom. The Morgan fingerprint density at radius 1 is 1.67 bits per heavy atom. The van der Waals surface area contributed by atoms with Gasteiger partial charge < -0.3 is 10.1 Å². The van der Waals surface area contributed by atoms with Gasteiger partial charge in [-0.3, -0.25) is 4.68 Å². The Kier molecular flexibility index (Phi) is 3.63. The molecule has 4 nitrogen and oxygen atoms in total. The molecule has 2 aliphatic rings. The molecule has 0 amide bonds. The van der Waals surface area contributed by atoms with Crippen LogP contribution in [0, 0.1) is 0 Å². The zero-order valence-corrected chi connectivity index (χ0v) is 11.7. The number of aryl methyl sites for hydroxylation is 1. The van der Waals surface area contributed by atoms with Crippen molar-refractivity contribution in [3.05, 3.63) is 18.0 Å². The molecule has 100 valence electrons. The number of hydrogen-bond donors (Lipinski definition) is 1. The maximum Gasteiger partial charge on any atom is 0.0795 e. The number of rotatable bonds is 3. The molecular weight excluding hydrogens is 246 g/mol. The van der Waals surface area contributed by atoms with Gasteiger partial charge in [0, 0.05) is 38.2 Å². The molecule has 18 heavy (non-hydrogen) atoms. The van der Waals surface area contributed by atoms with Gasteiger partial charge in [0.2, 0.25) is 0 Å². The highest BCUT2D eigenvalue weighted by Gasteiger charge is 2.40. The fraction of sp³-hybridized carbons (Fsp3) is 0.769. The summed E-state index contributed by atoms with van der Waals surface area (Å²) in [7, 11) is 2.00. The zero-order chi connectivity index (χ0) is 12.4. The number of ether oxygens (including phenoxy) is 1. The first kappa shape index (κ1) is 12.5. The fourth-order valence-corrected chi connectivity index (χ4v) is 4.27. The molecule has 0 bridgehead atoms. The molecule has 3 heterocycles. The molecule has 2 saturated heterocycles. The normalized spacial score (nSPS) is 32.2. The van der Waals surface area contributed by atoms with Crippen molar-refractivity contribution < 1.29 is 4.74 Å². The number of aromatic nitrogens is 2. The van der Waals surface area contributed by atoms with Crippen LogP contribution in [-0.2, 0) is 18.3 Å². The van der Waals surface area contributed by atoms with Gasteiger partial charge in [-0.2, -0.15) is 16.9 Å². The molecule has 2 atom stereocenters. The molecule has 5 heteroatoms. The monoisotopic (exact) mass is 267 g/mol. The summed E-state index contributed by atoms with van der Waals surface area (Å²) in [5.74, 6) is 2.44. The van der Waals surface area contributed by atoms with Gasteiger partial charge in [0.15, 0.2) is 0 Å². The maximum absolute atomic E-state index is 6.04. The van der Waals surface area contributed by atoms with E-state index < -0.39 is 0 Å². The highest BCUT2D eigenvalue weighted by atomic mass is 32.2. The van der Waals surface area contributed by atoms with Crippen molar-refractivity contribution in [2.75, 3.05) is 18.1 Å². The smallest absolute Gasteiger partial charge is 0.0795 e. The fourth-order valence-electron chi connectivity index (χ4n) is 2.89. The highest BCUT2D eigenvalue weighted by Crippen LogP contribution is 2.38. The largest absolute Gasteiger partial charge is 0.374 e. The number of thioether (sulfide) groups is 1. The zero-order valence-electron chi connectivity index (χ0n) is 10.9. The van der Waals surface area contributed by atoms with Gasteiger partial charge in [-0.05, 0) is 31.1 Å². The van der Waals surface area contributed by atoms with Gasteiger partial charge in [-0.15, -0.1) is 0 Å². The summed E-state index contributed by atoms with van der Waals surface area (Å²) < 4.78 is 7.98. The van der Waals surface area contributed by atoms with Crippen molar-refractivity contribution in [2.45, 2.75) is 37.5 Å². The van der Waals surface area contributed by atoms with Gasteiger partial charge in [-0.25, -0.2) is 0 Å². The van der Waals surface area contributed by atoms with Crippen molar-refractivity contribution >= 4 is 11.8 Å². The number of nitrogens with zero attached hydrogens (tertiary/aromatic N) is 2. The van der Waals surface area contributed by atoms with Crippen LogP contribution in [0.1, 0.15) is 25.0 Å². The number of hydrogen-bond acceptors (Lipinski definition) is 4. The van der Waals surface area contributed by atoms with Crippen LogP contribution in [-0.4, -0.2) is 39.5 Å². The van der Waals surface area contributed by atoms with Crippen molar-refractivity contribution in [2.24, 2.45) is 7.05 Å². The van der Waals surface area contributed by atoms with E-state index in [-0.39, 0.29) is 5.60 Å². The average Bonchev–Trinajstić information content (AvgIpc) is 2.97. The molecule has 1 aromatic rings. The first-order valence-corrected chi connectivity index (χ1v) is 7.85. The molecule has 0 aliphatic carbocycles. The predicted molar refractivity (Wildman–Crippen MR) is 73.7 cm³/mol. The van der Waals surface area contributed by atoms with Gasteiger partial charge in [0.25, 0.3) is 0 Å². The van der Waals surface area contributed by atoms with Crippen LogP contribution in [0.4, 0.5) is 0 Å². The quantitative estimate of drug-likeness (QED) is 0.902. The molecule has 1 spiro atoms. The molecule has 0 aromatic carbocycles. The second kappa shape index (κ2) is 5.23. The van der Waals surface area contributed by atoms with E-state index in [0.29, 0.717) is 6.04 Å². The van der Waals surface area contributed by atoms with Crippen molar-refractivity contribution in [3.8, 4) is 0 Å². The minimum Gasteiger partial charge on any atom is -0.374 e. The van der Waals surface area contributed by atoms with Gasteiger partial charge in [0.05, 0.1) is 11.3 Å². The minimum atomic E-state index is 0.174. The summed E-state index contributed by atoms with van der Waals surface area (Å²) in [6.07, 6.45) is 5.37. The molecule has 2 unspecified atom stereocenters. The van der Waals surface area contributed by atoms with Crippen molar-refractivity contribution in [1.82, 2.24) is 15.1 Å². The second-order valence-corrected chi connectivity index (χ2v) is 6.46. The summed E-state index contributed by atoms with van der Waals surface area (Å²) in [5.41, 5.74) is 1.42. The average molecular weight is 267 g/mol. The van der Waals surface area contributed by atoms with E-state index in [4.69, 9.17) is 4.74 Å². The predicted octanol–water partition coefficient (Wildman–Crippen LogP) is 1.56. The summed E-state index contributed by atoms with van der Waals surface area (Å²) in [6.45, 7) is 1.81. The standard InChI is InChI=1S/C13H21N3OS/c1-16-12(2-5-15-16)9-14-11-3-6-17-13(8-11)4-7-18-10-13/h2,5,11,14H,3-4,6-10H2,1H3. The Labute approximate surface area is 112 Å². The van der Waals surface area contributed by atoms with E-state index in [9.17, 15) is 0 Å². The molecule has 2 aliphatic heterocycles. The van der Waals surface area contributed by atoms with Crippen LogP contribution < -0.4 is 5.32 Å². The van der Waals surface area contributed by atoms with E-state index in [1.54, 1.807) is 0 Å². The maximum atomic E-state index is 6.04. The van der Waals surface area contributed by atoms with Crippen LogP contribution in [0.2, 0.25) is 0 Å². The van der Waals surface area contributed by atoms with Crippen LogP contribution in [0.25, 0.3) is 0 Å². The molecule has 1 N–H and O–H groups in total. The highest BCUT2D eigenvalue weighted by molar-refractivity contribution is 7.99. The summed E-state index contributed by atoms with van der Waals surface area (Å²) >= 11 is 2.03. The molecule has 0 saturated carbocycles. The van der Waals surface area contributed by atoms with E-state index in [1.165, 1.54) is 23.6 Å². The van der Waals surface area contributed by atoms with E-state index in [2.05, 4.69) is 16.5 Å². The Balaban J connectivity index is 1.55. The van der Waals surface area contributed by atoms with Crippen molar-refractivity contribution in [3.63, 3.8) is 0 Å². The Bertz CT molecular complexity index is 401. The first-order valence-electron chi connectivity index (χ1n) is 6.69. The number of nitrogens with one attached hydrogen (secondary N) is 1. The second-order valence-electron chi connectivity index (χ2n) is 5.35. The van der Waals surface area contributed by atoms with Gasteiger partial charge in [0.1, 0.15) is 0 Å². The van der Waals surface area contributed by atoms with Gasteiger partial charge >= 0.3 is 0 Å². The van der Waals surface area contributed by atoms with E-state index in [1.807, 2.05) is 29.7 Å². The van der Waals surface area contributed by atoms with E-state index in [0.717, 1.165) is 26.0 Å². The lowest BCUT2D eigenvalue weighted by Crippen LogP contribution is -2.47. The Hall–Kier alpha value is -0.520. The van der Waals surface area contributed by atoms with Gasteiger partial charge in [-0.1, -0.05) is 0 Å². The molecule has 1 aromatic heterocycles. The third-order valence-electron chi connectivity index (χ3n) is 4.05. The summed E-state index contributed by atoms with van der Waals surface area (Å²) in [4.78, 5) is 0. The van der Waals surface area contributed by atoms with E-state index >= 15 is 0 Å². The van der Waals surface area contributed by atoms with Crippen LogP contribution >= 0.6 is 11.8 Å². The topological polar surface area (TPSA) is 39.1 Å². The van der Waals surface area contributed by atoms with Crippen LogP contribution in [0.15, 0.2) is 12.3 Å². The summed E-state index contributed by atoms with van der Waals surface area (Å²) in [5, 5.41) is 7.87. The Morgan fingerprint density at radius 3 is 3.33 bits per heavy atom. The van der Waals surface area contributed by atoms with Crippen LogP contribution in [0.5, 0.6) is 0 Å². The first-order chi connectivity index (χ1) is 8.77. The minimum absolute atomic E-state index is 0.174. The summed E-state index contributed by atoms with van der Waals surface area (Å²) in [6, 6.07) is 2.67.